The van der Waals surface area contributed by atoms with E-state index in [2.05, 4.69) is 10.3 Å². The van der Waals surface area contributed by atoms with Crippen molar-refractivity contribution in [2.75, 3.05) is 13.7 Å². The normalized spacial score (nSPS) is 17.8. The van der Waals surface area contributed by atoms with Crippen LogP contribution in [-0.2, 0) is 4.79 Å². The van der Waals surface area contributed by atoms with E-state index in [1.165, 1.54) is 0 Å². The van der Waals surface area contributed by atoms with Crippen molar-refractivity contribution < 1.29 is 19.1 Å². The third-order valence-electron chi connectivity index (χ3n) is 3.84. The molecule has 1 N–H and O–H groups in total. The standard InChI is InChI=1S/C19H18N2O4/c1-3-24-14-10-6-5-9-13(14)18(22)21-17-16(20-2)12-8-4-7-11-15(12)25-19(17)23/h4-11,16,20H,3H2,1-2H3. The van der Waals surface area contributed by atoms with Crippen molar-refractivity contribution in [2.24, 2.45) is 4.99 Å². The Morgan fingerprint density at radius 2 is 1.92 bits per heavy atom. The van der Waals surface area contributed by atoms with Crippen molar-refractivity contribution in [3.05, 3.63) is 59.7 Å². The number of hydrogen-bond acceptors (Lipinski definition) is 5. The van der Waals surface area contributed by atoms with Gasteiger partial charge in [0.25, 0.3) is 5.91 Å². The summed E-state index contributed by atoms with van der Waals surface area (Å²) in [5.41, 5.74) is 1.09. The minimum absolute atomic E-state index is 0.0255. The van der Waals surface area contributed by atoms with E-state index in [-0.39, 0.29) is 5.71 Å². The van der Waals surface area contributed by atoms with E-state index in [1.807, 2.05) is 19.1 Å². The first-order valence-electron chi connectivity index (χ1n) is 7.98. The van der Waals surface area contributed by atoms with E-state index < -0.39 is 17.9 Å². The van der Waals surface area contributed by atoms with E-state index in [1.54, 1.807) is 43.4 Å². The summed E-state index contributed by atoms with van der Waals surface area (Å²) in [4.78, 5) is 29.0. The number of carbonyl (C=O) groups is 2. The van der Waals surface area contributed by atoms with Crippen molar-refractivity contribution in [1.82, 2.24) is 5.32 Å². The van der Waals surface area contributed by atoms with Gasteiger partial charge in [0.2, 0.25) is 0 Å². The molecular weight excluding hydrogens is 320 g/mol. The Hall–Kier alpha value is -2.99. The molecule has 2 aromatic rings. The number of aliphatic imine (C=N–C) groups is 1. The summed E-state index contributed by atoms with van der Waals surface area (Å²) < 4.78 is 10.8. The molecule has 0 aliphatic carbocycles. The highest BCUT2D eigenvalue weighted by atomic mass is 16.5. The first kappa shape index (κ1) is 16.9. The minimum atomic E-state index is -0.639. The van der Waals surface area contributed by atoms with Crippen molar-refractivity contribution >= 4 is 17.6 Å². The lowest BCUT2D eigenvalue weighted by atomic mass is 9.98. The van der Waals surface area contributed by atoms with Crippen LogP contribution in [0.15, 0.2) is 53.5 Å². The van der Waals surface area contributed by atoms with Gasteiger partial charge in [-0.25, -0.2) is 9.79 Å². The summed E-state index contributed by atoms with van der Waals surface area (Å²) >= 11 is 0. The fraction of sp³-hybridized carbons (Fsp3) is 0.211. The fourth-order valence-electron chi connectivity index (χ4n) is 2.73. The molecule has 0 radical (unpaired) electrons. The number of rotatable bonds is 4. The zero-order chi connectivity index (χ0) is 17.8. The molecule has 0 fully saturated rings. The molecule has 1 aliphatic rings. The Morgan fingerprint density at radius 1 is 1.20 bits per heavy atom. The molecular formula is C19H18N2O4. The van der Waals surface area contributed by atoms with Crippen LogP contribution in [-0.4, -0.2) is 31.2 Å². The largest absolute Gasteiger partial charge is 0.493 e. The zero-order valence-electron chi connectivity index (χ0n) is 14.0. The molecule has 3 rings (SSSR count). The highest BCUT2D eigenvalue weighted by molar-refractivity contribution is 6.42. The number of benzene rings is 2. The SMILES string of the molecule is CCOc1ccccc1C(=O)N=C1C(=O)Oc2ccccc2C1NC. The summed E-state index contributed by atoms with van der Waals surface area (Å²) in [7, 11) is 1.70. The molecule has 6 nitrogen and oxygen atoms in total. The third-order valence-corrected chi connectivity index (χ3v) is 3.84. The Bertz CT molecular complexity index is 845. The molecule has 1 aliphatic heterocycles. The number of carbonyl (C=O) groups excluding carboxylic acids is 2. The topological polar surface area (TPSA) is 77.0 Å². The maximum absolute atomic E-state index is 12.6. The highest BCUT2D eigenvalue weighted by Crippen LogP contribution is 2.31. The number of nitrogens with one attached hydrogen (secondary N) is 1. The Morgan fingerprint density at radius 3 is 2.68 bits per heavy atom. The Balaban J connectivity index is 2.00. The number of esters is 1. The molecule has 1 atom stereocenters. The quantitative estimate of drug-likeness (QED) is 0.685. The van der Waals surface area contributed by atoms with Gasteiger partial charge in [0.1, 0.15) is 11.5 Å². The molecule has 0 bridgehead atoms. The van der Waals surface area contributed by atoms with Gasteiger partial charge in [-0.3, -0.25) is 4.79 Å². The molecule has 1 amide bonds. The lowest BCUT2D eigenvalue weighted by Crippen LogP contribution is -2.38. The average molecular weight is 338 g/mol. The second-order valence-corrected chi connectivity index (χ2v) is 5.38. The van der Waals surface area contributed by atoms with Crippen molar-refractivity contribution in [3.8, 4) is 11.5 Å². The second-order valence-electron chi connectivity index (χ2n) is 5.38. The van der Waals surface area contributed by atoms with E-state index in [0.29, 0.717) is 23.7 Å². The number of nitrogens with zero attached hydrogens (tertiary/aromatic N) is 1. The van der Waals surface area contributed by atoms with E-state index in [0.717, 1.165) is 5.56 Å². The van der Waals surface area contributed by atoms with Gasteiger partial charge in [-0.1, -0.05) is 30.3 Å². The predicted octanol–water partition coefficient (Wildman–Crippen LogP) is 2.55. The van der Waals surface area contributed by atoms with E-state index >= 15 is 0 Å². The number of fused-ring (bicyclic) bond motifs is 1. The van der Waals surface area contributed by atoms with Crippen molar-refractivity contribution in [2.45, 2.75) is 13.0 Å². The van der Waals surface area contributed by atoms with Gasteiger partial charge in [0.15, 0.2) is 5.71 Å². The lowest BCUT2D eigenvalue weighted by Gasteiger charge is -2.25. The van der Waals surface area contributed by atoms with Gasteiger partial charge in [-0.05, 0) is 32.2 Å². The molecule has 2 aromatic carbocycles. The molecule has 0 saturated heterocycles. The maximum atomic E-state index is 12.6. The van der Waals surface area contributed by atoms with Crippen LogP contribution < -0.4 is 14.8 Å². The summed E-state index contributed by atoms with van der Waals surface area (Å²) in [6.45, 7) is 2.26. The Kier molecular flexibility index (Phi) is 4.90. The first-order valence-corrected chi connectivity index (χ1v) is 7.98. The van der Waals surface area contributed by atoms with Crippen LogP contribution in [0, 0.1) is 0 Å². The fourth-order valence-corrected chi connectivity index (χ4v) is 2.73. The van der Waals surface area contributed by atoms with Crippen molar-refractivity contribution in [1.29, 1.82) is 0 Å². The van der Waals surface area contributed by atoms with Crippen molar-refractivity contribution in [3.63, 3.8) is 0 Å². The van der Waals surface area contributed by atoms with Crippen LogP contribution in [0.25, 0.3) is 0 Å². The van der Waals surface area contributed by atoms with Crippen LogP contribution in [0.4, 0.5) is 0 Å². The number of hydrogen-bond donors (Lipinski definition) is 1. The monoisotopic (exact) mass is 338 g/mol. The summed E-state index contributed by atoms with van der Waals surface area (Å²) in [6.07, 6.45) is 0. The first-order chi connectivity index (χ1) is 12.2. The van der Waals surface area contributed by atoms with E-state index in [4.69, 9.17) is 9.47 Å². The molecule has 1 unspecified atom stereocenters. The van der Waals surface area contributed by atoms with Crippen LogP contribution in [0.3, 0.4) is 0 Å². The van der Waals surface area contributed by atoms with Gasteiger partial charge >= 0.3 is 5.97 Å². The summed E-state index contributed by atoms with van der Waals surface area (Å²) in [5.74, 6) is -0.283. The number of ether oxygens (including phenoxy) is 2. The van der Waals surface area contributed by atoms with Crippen LogP contribution in [0.2, 0.25) is 0 Å². The van der Waals surface area contributed by atoms with Gasteiger partial charge in [0.05, 0.1) is 18.2 Å². The van der Waals surface area contributed by atoms with Crippen LogP contribution >= 0.6 is 0 Å². The molecule has 0 spiro atoms. The molecule has 6 heteroatoms. The smallest absolute Gasteiger partial charge is 0.360 e. The van der Waals surface area contributed by atoms with Gasteiger partial charge in [-0.2, -0.15) is 0 Å². The zero-order valence-corrected chi connectivity index (χ0v) is 14.0. The highest BCUT2D eigenvalue weighted by Gasteiger charge is 2.34. The molecule has 1 heterocycles. The predicted molar refractivity (Wildman–Crippen MR) is 93.3 cm³/mol. The lowest BCUT2D eigenvalue weighted by molar-refractivity contribution is -0.127. The molecule has 0 aromatic heterocycles. The molecule has 25 heavy (non-hydrogen) atoms. The second kappa shape index (κ2) is 7.27. The summed E-state index contributed by atoms with van der Waals surface area (Å²) in [6, 6.07) is 13.5. The van der Waals surface area contributed by atoms with Gasteiger partial charge in [-0.15, -0.1) is 0 Å². The maximum Gasteiger partial charge on any atom is 0.360 e. The molecule has 0 saturated carbocycles. The minimum Gasteiger partial charge on any atom is -0.493 e. The average Bonchev–Trinajstić information content (AvgIpc) is 2.63. The van der Waals surface area contributed by atoms with Crippen LogP contribution in [0.5, 0.6) is 11.5 Å². The Labute approximate surface area is 145 Å². The third kappa shape index (κ3) is 3.29. The van der Waals surface area contributed by atoms with Gasteiger partial charge < -0.3 is 14.8 Å². The number of amides is 1. The van der Waals surface area contributed by atoms with Crippen LogP contribution in [0.1, 0.15) is 28.9 Å². The van der Waals surface area contributed by atoms with Gasteiger partial charge in [0, 0.05) is 5.56 Å². The number of para-hydroxylation sites is 2. The summed E-state index contributed by atoms with van der Waals surface area (Å²) in [5, 5.41) is 3.02. The van der Waals surface area contributed by atoms with E-state index in [9.17, 15) is 9.59 Å². The molecule has 128 valence electrons.